The number of halogens is 1. The molecular weight excluding hydrogens is 260 g/mol. The van der Waals surface area contributed by atoms with Crippen LogP contribution in [0.2, 0.25) is 5.02 Å². The molecule has 0 saturated carbocycles. The average molecular weight is 279 g/mol. The van der Waals surface area contributed by atoms with Crippen molar-refractivity contribution in [1.82, 2.24) is 20.1 Å². The van der Waals surface area contributed by atoms with E-state index in [0.29, 0.717) is 5.02 Å². The lowest BCUT2D eigenvalue weighted by atomic mass is 10.1. The van der Waals surface area contributed by atoms with Crippen LogP contribution in [0.15, 0.2) is 30.7 Å². The van der Waals surface area contributed by atoms with E-state index < -0.39 is 0 Å². The average Bonchev–Trinajstić information content (AvgIpc) is 2.87. The van der Waals surface area contributed by atoms with Crippen molar-refractivity contribution in [3.05, 3.63) is 47.0 Å². The minimum Gasteiger partial charge on any atom is -0.309 e. The molecule has 0 aliphatic heterocycles. The van der Waals surface area contributed by atoms with Crippen molar-refractivity contribution in [3.63, 3.8) is 0 Å². The minimum absolute atomic E-state index is 0.191. The van der Waals surface area contributed by atoms with Crippen LogP contribution < -0.4 is 5.32 Å². The third kappa shape index (κ3) is 3.78. The summed E-state index contributed by atoms with van der Waals surface area (Å²) in [5.74, 6) is 0. The topological polar surface area (TPSA) is 42.7 Å². The molecule has 0 fully saturated rings. The zero-order valence-electron chi connectivity index (χ0n) is 11.3. The highest BCUT2D eigenvalue weighted by atomic mass is 35.5. The van der Waals surface area contributed by atoms with Crippen molar-refractivity contribution in [2.24, 2.45) is 0 Å². The van der Waals surface area contributed by atoms with Gasteiger partial charge in [-0.2, -0.15) is 5.10 Å². The normalized spacial score (nSPS) is 12.6. The summed E-state index contributed by atoms with van der Waals surface area (Å²) in [7, 11) is 0. The Morgan fingerprint density at radius 2 is 2.16 bits per heavy atom. The van der Waals surface area contributed by atoms with Gasteiger partial charge in [0.15, 0.2) is 0 Å². The predicted molar refractivity (Wildman–Crippen MR) is 77.3 cm³/mol. The van der Waals surface area contributed by atoms with E-state index in [0.717, 1.165) is 25.2 Å². The highest BCUT2D eigenvalue weighted by Gasteiger charge is 2.13. The highest BCUT2D eigenvalue weighted by molar-refractivity contribution is 6.30. The van der Waals surface area contributed by atoms with Gasteiger partial charge in [-0.25, -0.2) is 0 Å². The van der Waals surface area contributed by atoms with Gasteiger partial charge in [0, 0.05) is 18.9 Å². The minimum atomic E-state index is 0.191. The molecule has 0 radical (unpaired) electrons. The van der Waals surface area contributed by atoms with Crippen molar-refractivity contribution < 1.29 is 0 Å². The molecule has 2 aromatic rings. The highest BCUT2D eigenvalue weighted by Crippen LogP contribution is 2.18. The van der Waals surface area contributed by atoms with Gasteiger partial charge in [0.25, 0.3) is 0 Å². The Morgan fingerprint density at radius 1 is 1.32 bits per heavy atom. The van der Waals surface area contributed by atoms with Gasteiger partial charge in [-0.3, -0.25) is 9.67 Å². The molecule has 2 heterocycles. The molecule has 102 valence electrons. The van der Waals surface area contributed by atoms with Gasteiger partial charge < -0.3 is 5.32 Å². The van der Waals surface area contributed by atoms with Crippen LogP contribution >= 0.6 is 11.6 Å². The van der Waals surface area contributed by atoms with E-state index in [1.165, 1.54) is 5.56 Å². The van der Waals surface area contributed by atoms with Crippen LogP contribution in [0.3, 0.4) is 0 Å². The van der Waals surface area contributed by atoms with Gasteiger partial charge >= 0.3 is 0 Å². The Labute approximate surface area is 118 Å². The zero-order chi connectivity index (χ0) is 13.7. The molecule has 4 nitrogen and oxygen atoms in total. The van der Waals surface area contributed by atoms with E-state index in [1.54, 1.807) is 6.20 Å². The quantitative estimate of drug-likeness (QED) is 0.884. The number of aromatic nitrogens is 3. The molecule has 0 amide bonds. The van der Waals surface area contributed by atoms with E-state index in [-0.39, 0.29) is 6.04 Å². The number of pyridine rings is 1. The van der Waals surface area contributed by atoms with Crippen molar-refractivity contribution >= 4 is 11.6 Å². The lowest BCUT2D eigenvalue weighted by molar-refractivity contribution is 0.536. The van der Waals surface area contributed by atoms with E-state index >= 15 is 0 Å². The third-order valence-electron chi connectivity index (χ3n) is 3.01. The summed E-state index contributed by atoms with van der Waals surface area (Å²) in [6, 6.07) is 4.04. The van der Waals surface area contributed by atoms with Crippen LogP contribution in [0.5, 0.6) is 0 Å². The number of likely N-dealkylation sites (N-methyl/N-ethyl adjacent to an activating group) is 1. The fourth-order valence-electron chi connectivity index (χ4n) is 2.04. The second kappa shape index (κ2) is 6.68. The molecule has 0 aromatic carbocycles. The maximum absolute atomic E-state index is 5.88. The molecule has 2 aromatic heterocycles. The largest absolute Gasteiger partial charge is 0.309 e. The molecule has 1 atom stereocenters. The Bertz CT molecular complexity index is 506. The van der Waals surface area contributed by atoms with E-state index in [1.807, 2.05) is 23.0 Å². The molecular formula is C14H19ClN4. The van der Waals surface area contributed by atoms with Crippen LogP contribution in [0.4, 0.5) is 0 Å². The number of hydrogen-bond acceptors (Lipinski definition) is 3. The molecule has 1 unspecified atom stereocenters. The summed E-state index contributed by atoms with van der Waals surface area (Å²) in [5.41, 5.74) is 2.22. The van der Waals surface area contributed by atoms with E-state index in [2.05, 4.69) is 35.4 Å². The third-order valence-corrected chi connectivity index (χ3v) is 3.23. The Balaban J connectivity index is 2.13. The van der Waals surface area contributed by atoms with Gasteiger partial charge in [0.1, 0.15) is 0 Å². The van der Waals surface area contributed by atoms with Crippen molar-refractivity contribution in [1.29, 1.82) is 0 Å². The Morgan fingerprint density at radius 3 is 2.74 bits per heavy atom. The van der Waals surface area contributed by atoms with Crippen LogP contribution in [0.25, 0.3) is 0 Å². The Kier molecular flexibility index (Phi) is 4.93. The monoisotopic (exact) mass is 278 g/mol. The lowest BCUT2D eigenvalue weighted by Gasteiger charge is -2.16. The van der Waals surface area contributed by atoms with Crippen molar-refractivity contribution in [2.75, 3.05) is 6.54 Å². The van der Waals surface area contributed by atoms with Crippen LogP contribution in [0.1, 0.15) is 31.1 Å². The van der Waals surface area contributed by atoms with Crippen LogP contribution in [0, 0.1) is 0 Å². The van der Waals surface area contributed by atoms with Gasteiger partial charge in [-0.15, -0.1) is 0 Å². The summed E-state index contributed by atoms with van der Waals surface area (Å²) in [5, 5.41) is 8.42. The first-order chi connectivity index (χ1) is 9.22. The smallest absolute Gasteiger partial charge is 0.0589 e. The van der Waals surface area contributed by atoms with Gasteiger partial charge in [-0.05, 0) is 37.6 Å². The Hall–Kier alpha value is -1.39. The van der Waals surface area contributed by atoms with E-state index in [9.17, 15) is 0 Å². The second-order valence-corrected chi connectivity index (χ2v) is 4.86. The van der Waals surface area contributed by atoms with Crippen LogP contribution in [-0.2, 0) is 13.0 Å². The van der Waals surface area contributed by atoms with Crippen molar-refractivity contribution in [2.45, 2.75) is 32.9 Å². The van der Waals surface area contributed by atoms with Gasteiger partial charge in [0.05, 0.1) is 23.0 Å². The summed E-state index contributed by atoms with van der Waals surface area (Å²) >= 11 is 5.88. The van der Waals surface area contributed by atoms with Gasteiger partial charge in [-0.1, -0.05) is 18.5 Å². The molecule has 5 heteroatoms. The number of aryl methyl sites for hydroxylation is 1. The molecule has 0 saturated heterocycles. The van der Waals surface area contributed by atoms with Gasteiger partial charge in [0.2, 0.25) is 0 Å². The number of rotatable bonds is 6. The van der Waals surface area contributed by atoms with Crippen LogP contribution in [-0.4, -0.2) is 21.3 Å². The first-order valence-corrected chi connectivity index (χ1v) is 6.97. The molecule has 19 heavy (non-hydrogen) atoms. The lowest BCUT2D eigenvalue weighted by Crippen LogP contribution is -2.23. The molecule has 0 aliphatic carbocycles. The first-order valence-electron chi connectivity index (χ1n) is 6.59. The fraction of sp³-hybridized carbons (Fsp3) is 0.429. The maximum Gasteiger partial charge on any atom is 0.0589 e. The molecule has 1 N–H and O–H groups in total. The first kappa shape index (κ1) is 14.0. The zero-order valence-corrected chi connectivity index (χ0v) is 12.1. The summed E-state index contributed by atoms with van der Waals surface area (Å²) in [6.07, 6.45) is 6.57. The second-order valence-electron chi connectivity index (χ2n) is 4.42. The van der Waals surface area contributed by atoms with Crippen molar-refractivity contribution in [3.8, 4) is 0 Å². The summed E-state index contributed by atoms with van der Waals surface area (Å²) in [4.78, 5) is 4.40. The number of nitrogens with one attached hydrogen (secondary N) is 1. The SMILES string of the molecule is CCNC(Cc1cnn(CC)c1)c1ccc(Cl)cn1. The number of nitrogens with zero attached hydrogens (tertiary/aromatic N) is 3. The predicted octanol–water partition coefficient (Wildman–Crippen LogP) is 2.84. The number of hydrogen-bond donors (Lipinski definition) is 1. The molecule has 0 bridgehead atoms. The molecule has 0 aliphatic rings. The molecule has 0 spiro atoms. The summed E-state index contributed by atoms with van der Waals surface area (Å²) in [6.45, 7) is 5.97. The van der Waals surface area contributed by atoms with E-state index in [4.69, 9.17) is 11.6 Å². The standard InChI is InChI=1S/C14H19ClN4/c1-3-16-14(13-6-5-12(15)9-17-13)7-11-8-18-19(4-2)10-11/h5-6,8-10,14,16H,3-4,7H2,1-2H3. The maximum atomic E-state index is 5.88. The molecule has 2 rings (SSSR count). The summed E-state index contributed by atoms with van der Waals surface area (Å²) < 4.78 is 1.94. The fourth-order valence-corrected chi connectivity index (χ4v) is 2.15.